The van der Waals surface area contributed by atoms with Crippen LogP contribution in [-0.2, 0) is 11.2 Å². The molecule has 0 saturated heterocycles. The smallest absolute Gasteiger partial charge is 0.323 e. The van der Waals surface area contributed by atoms with Crippen molar-refractivity contribution in [2.24, 2.45) is 5.73 Å². The van der Waals surface area contributed by atoms with Crippen LogP contribution in [0.4, 0.5) is 0 Å². The van der Waals surface area contributed by atoms with Gasteiger partial charge in [0.2, 0.25) is 0 Å². The van der Waals surface area contributed by atoms with Crippen molar-refractivity contribution in [2.75, 3.05) is 28.2 Å². The first-order valence-electron chi connectivity index (χ1n) is 6.28. The van der Waals surface area contributed by atoms with Gasteiger partial charge in [-0.3, -0.25) is 4.79 Å². The number of nitrogens with two attached hydrogens (primary N) is 1. The van der Waals surface area contributed by atoms with Crippen molar-refractivity contribution in [3.63, 3.8) is 0 Å². The van der Waals surface area contributed by atoms with Crippen LogP contribution in [0.15, 0.2) is 24.3 Å². The number of rotatable bonds is 7. The Kier molecular flexibility index (Phi) is 6.36. The van der Waals surface area contributed by atoms with Gasteiger partial charge in [-0.2, -0.15) is 0 Å². The quantitative estimate of drug-likeness (QED) is 0.734. The average molecular weight is 300 g/mol. The van der Waals surface area contributed by atoms with Crippen molar-refractivity contribution < 1.29 is 14.4 Å². The predicted molar refractivity (Wildman–Crippen MR) is 82.1 cm³/mol. The minimum Gasteiger partial charge on any atom is -0.480 e. The van der Waals surface area contributed by atoms with Gasteiger partial charge in [0.1, 0.15) is 6.04 Å². The second-order valence-electron chi connectivity index (χ2n) is 4.97. The minimum atomic E-state index is -1.23. The summed E-state index contributed by atoms with van der Waals surface area (Å²) in [5.74, 6) is -0.218. The van der Waals surface area contributed by atoms with Crippen LogP contribution in [0.3, 0.4) is 0 Å². The Morgan fingerprint density at radius 2 is 1.75 bits per heavy atom. The van der Waals surface area contributed by atoms with Crippen LogP contribution in [-0.4, -0.2) is 54.6 Å². The molecule has 0 heterocycles. The molecule has 112 valence electrons. The first kappa shape index (κ1) is 16.9. The van der Waals surface area contributed by atoms with Gasteiger partial charge in [0.25, 0.3) is 0 Å². The van der Waals surface area contributed by atoms with Gasteiger partial charge in [0.05, 0.1) is 0 Å². The van der Waals surface area contributed by atoms with Crippen molar-refractivity contribution in [1.82, 2.24) is 9.34 Å². The van der Waals surface area contributed by atoms with Crippen LogP contribution in [0.1, 0.15) is 5.56 Å². The molecule has 1 atom stereocenters. The summed E-state index contributed by atoms with van der Waals surface area (Å²) >= 11 is 0. The van der Waals surface area contributed by atoms with Gasteiger partial charge in [-0.1, -0.05) is 12.1 Å². The first-order valence-corrected chi connectivity index (χ1v) is 7.58. The summed E-state index contributed by atoms with van der Waals surface area (Å²) in [7, 11) is 6.69. The van der Waals surface area contributed by atoms with Gasteiger partial charge in [0, 0.05) is 28.2 Å². The van der Waals surface area contributed by atoms with Gasteiger partial charge in [-0.05, 0) is 24.1 Å². The van der Waals surface area contributed by atoms with Gasteiger partial charge < -0.3 is 15.4 Å². The molecule has 1 aromatic carbocycles. The van der Waals surface area contributed by atoms with Crippen LogP contribution in [0.2, 0.25) is 0 Å². The molecular weight excluding hydrogens is 277 g/mol. The Morgan fingerprint density at radius 1 is 1.25 bits per heavy atom. The van der Waals surface area contributed by atoms with E-state index in [4.69, 9.17) is 15.4 Å². The summed E-state index contributed by atoms with van der Waals surface area (Å²) < 4.78 is 10.1. The topological polar surface area (TPSA) is 79.0 Å². The first-order chi connectivity index (χ1) is 9.31. The number of benzene rings is 1. The number of aliphatic carboxylic acids is 1. The zero-order valence-corrected chi connectivity index (χ0v) is 13.3. The summed E-state index contributed by atoms with van der Waals surface area (Å²) in [4.78, 5) is 10.7. The highest BCUT2D eigenvalue weighted by atomic mass is 31.2. The van der Waals surface area contributed by atoms with Gasteiger partial charge in [-0.25, -0.2) is 0 Å². The molecule has 1 rings (SSSR count). The lowest BCUT2D eigenvalue weighted by molar-refractivity contribution is -0.138. The second kappa shape index (κ2) is 7.55. The third-order valence-electron chi connectivity index (χ3n) is 2.67. The van der Waals surface area contributed by atoms with Gasteiger partial charge in [0.15, 0.2) is 5.75 Å². The minimum absolute atomic E-state index is 0.314. The summed E-state index contributed by atoms with van der Waals surface area (Å²) in [5, 5.41) is 8.78. The van der Waals surface area contributed by atoms with Crippen LogP contribution in [0.25, 0.3) is 0 Å². The standard InChI is InChI=1S/C13H22N3O3P/c1-15(2)20(16(3)4)19-11-7-5-10(6-8-11)9-12(14)13(17)18/h5-8,12H,9,14H2,1-4H3,(H,17,18)/p+1/t12-/m0/s1. The molecule has 0 aliphatic heterocycles. The van der Waals surface area contributed by atoms with E-state index in [1.807, 2.05) is 52.5 Å². The van der Waals surface area contributed by atoms with E-state index < -0.39 is 20.5 Å². The fraction of sp³-hybridized carbons (Fsp3) is 0.462. The highest BCUT2D eigenvalue weighted by Gasteiger charge is 2.25. The van der Waals surface area contributed by atoms with Crippen LogP contribution in [0, 0.1) is 0 Å². The predicted octanol–water partition coefficient (Wildman–Crippen LogP) is 1.10. The fourth-order valence-electron chi connectivity index (χ4n) is 1.72. The Bertz CT molecular complexity index is 429. The molecule has 0 spiro atoms. The molecule has 0 bridgehead atoms. The highest BCUT2D eigenvalue weighted by molar-refractivity contribution is 7.47. The fourth-order valence-corrected chi connectivity index (χ4v) is 3.23. The molecule has 6 nitrogen and oxygen atoms in total. The van der Waals surface area contributed by atoms with E-state index in [1.54, 1.807) is 0 Å². The van der Waals surface area contributed by atoms with E-state index in [1.165, 1.54) is 0 Å². The maximum absolute atomic E-state index is 10.7. The zero-order valence-electron chi connectivity index (χ0n) is 12.3. The SMILES string of the molecule is CN(C)[PH+](Oc1ccc(C[C@H](N)C(=O)O)cc1)N(C)C. The Labute approximate surface area is 121 Å². The summed E-state index contributed by atoms with van der Waals surface area (Å²) in [6, 6.07) is 6.53. The largest absolute Gasteiger partial charge is 0.480 e. The van der Waals surface area contributed by atoms with Gasteiger partial charge >= 0.3 is 14.4 Å². The molecule has 3 N–H and O–H groups in total. The Hall–Kier alpha value is -1.20. The molecule has 0 saturated carbocycles. The molecule has 0 radical (unpaired) electrons. The van der Waals surface area contributed by atoms with E-state index in [9.17, 15) is 4.79 Å². The maximum atomic E-state index is 10.7. The van der Waals surface area contributed by atoms with Crippen molar-refractivity contribution in [3.8, 4) is 5.75 Å². The molecule has 0 unspecified atom stereocenters. The summed E-state index contributed by atoms with van der Waals surface area (Å²) in [6.07, 6.45) is 0.314. The lowest BCUT2D eigenvalue weighted by Crippen LogP contribution is -2.32. The normalized spacial score (nSPS) is 13.0. The second-order valence-corrected chi connectivity index (χ2v) is 7.52. The summed E-state index contributed by atoms with van der Waals surface area (Å²) in [6.45, 7) is 0. The third kappa shape index (κ3) is 5.06. The van der Waals surface area contributed by atoms with Crippen molar-refractivity contribution >= 4 is 14.4 Å². The highest BCUT2D eigenvalue weighted by Crippen LogP contribution is 2.41. The van der Waals surface area contributed by atoms with Crippen LogP contribution < -0.4 is 10.3 Å². The average Bonchev–Trinajstić information content (AvgIpc) is 2.36. The monoisotopic (exact) mass is 300 g/mol. The van der Waals surface area contributed by atoms with E-state index in [-0.39, 0.29) is 0 Å². The van der Waals surface area contributed by atoms with E-state index in [0.29, 0.717) is 6.42 Å². The van der Waals surface area contributed by atoms with Crippen molar-refractivity contribution in [3.05, 3.63) is 29.8 Å². The molecule has 0 fully saturated rings. The van der Waals surface area contributed by atoms with Crippen LogP contribution in [0.5, 0.6) is 5.75 Å². The molecule has 0 amide bonds. The number of hydrogen-bond donors (Lipinski definition) is 2. The molecular formula is C13H23N3O3P+. The molecule has 20 heavy (non-hydrogen) atoms. The third-order valence-corrected chi connectivity index (χ3v) is 4.62. The lowest BCUT2D eigenvalue weighted by atomic mass is 10.1. The number of carboxylic acid groups (broad SMARTS) is 1. The molecule has 0 aromatic heterocycles. The number of nitrogens with zero attached hydrogens (tertiary/aromatic N) is 2. The van der Waals surface area contributed by atoms with Crippen LogP contribution >= 0.6 is 8.45 Å². The van der Waals surface area contributed by atoms with E-state index in [2.05, 4.69) is 9.34 Å². The lowest BCUT2D eigenvalue weighted by Gasteiger charge is -2.20. The van der Waals surface area contributed by atoms with Crippen molar-refractivity contribution in [1.29, 1.82) is 0 Å². The summed E-state index contributed by atoms with van der Waals surface area (Å²) in [5.41, 5.74) is 6.39. The molecule has 1 aromatic rings. The number of hydrogen-bond acceptors (Lipinski definition) is 5. The maximum Gasteiger partial charge on any atom is 0.323 e. The van der Waals surface area contributed by atoms with Crippen molar-refractivity contribution in [2.45, 2.75) is 12.5 Å². The van der Waals surface area contributed by atoms with E-state index in [0.717, 1.165) is 11.3 Å². The zero-order chi connectivity index (χ0) is 15.3. The Morgan fingerprint density at radius 3 is 2.15 bits per heavy atom. The van der Waals surface area contributed by atoms with E-state index >= 15 is 0 Å². The Balaban J connectivity index is 2.69. The molecule has 7 heteroatoms. The molecule has 0 aliphatic rings. The number of carbonyl (C=O) groups is 1. The van der Waals surface area contributed by atoms with Gasteiger partial charge in [-0.15, -0.1) is 9.34 Å². The number of carboxylic acids is 1. The molecule has 0 aliphatic carbocycles.